The maximum atomic E-state index is 6.19. The van der Waals surface area contributed by atoms with E-state index in [-0.39, 0.29) is 0 Å². The molecule has 1 aliphatic rings. The number of anilines is 2. The van der Waals surface area contributed by atoms with Crippen LogP contribution in [-0.4, -0.2) is 45.4 Å². The summed E-state index contributed by atoms with van der Waals surface area (Å²) in [5.41, 5.74) is 2.19. The quantitative estimate of drug-likeness (QED) is 0.707. The molecule has 4 nitrogen and oxygen atoms in total. The molecule has 1 aliphatic heterocycles. The van der Waals surface area contributed by atoms with Crippen LogP contribution in [0.1, 0.15) is 25.7 Å². The Bertz CT molecular complexity index is 513. The van der Waals surface area contributed by atoms with Crippen molar-refractivity contribution in [3.05, 3.63) is 23.2 Å². The predicted octanol–water partition coefficient (Wildman–Crippen LogP) is 2.15. The first kappa shape index (κ1) is 18.3. The van der Waals surface area contributed by atoms with Gasteiger partial charge in [-0.05, 0) is 43.3 Å². The molecule has 128 valence electrons. The number of benzene rings is 1. The first-order valence-corrected chi connectivity index (χ1v) is 9.23. The Morgan fingerprint density at radius 1 is 1.22 bits per heavy atom. The molecule has 0 amide bonds. The molecule has 23 heavy (non-hydrogen) atoms. The molecule has 1 saturated heterocycles. The fourth-order valence-corrected chi connectivity index (χ4v) is 3.17. The fourth-order valence-electron chi connectivity index (χ4n) is 2.79. The van der Waals surface area contributed by atoms with Gasteiger partial charge < -0.3 is 20.4 Å². The number of thiocarbonyl (C=S) groups is 1. The van der Waals surface area contributed by atoms with Crippen LogP contribution in [0.25, 0.3) is 0 Å². The van der Waals surface area contributed by atoms with Crippen molar-refractivity contribution in [3.8, 4) is 0 Å². The van der Waals surface area contributed by atoms with Gasteiger partial charge in [0.05, 0.1) is 38.6 Å². The third-order valence-corrected chi connectivity index (χ3v) is 4.55. The van der Waals surface area contributed by atoms with Crippen LogP contribution in [0.3, 0.4) is 0 Å². The minimum atomic E-state index is 0.657. The Hall–Kier alpha value is -1.04. The van der Waals surface area contributed by atoms with Gasteiger partial charge >= 0.3 is 0 Å². The van der Waals surface area contributed by atoms with Crippen LogP contribution < -0.4 is 20.4 Å². The van der Waals surface area contributed by atoms with Gasteiger partial charge in [0.2, 0.25) is 0 Å². The van der Waals surface area contributed by atoms with Crippen LogP contribution in [-0.2, 0) is 0 Å². The molecular formula is C17H28ClN4S+. The summed E-state index contributed by atoms with van der Waals surface area (Å²) in [4.78, 5) is 3.84. The highest BCUT2D eigenvalue weighted by Gasteiger charge is 2.14. The Morgan fingerprint density at radius 2 is 1.91 bits per heavy atom. The molecule has 1 aromatic carbocycles. The molecule has 0 spiro atoms. The van der Waals surface area contributed by atoms with Crippen LogP contribution >= 0.6 is 23.8 Å². The van der Waals surface area contributed by atoms with Gasteiger partial charge in [-0.2, -0.15) is 0 Å². The van der Waals surface area contributed by atoms with Crippen LogP contribution in [0.4, 0.5) is 11.4 Å². The number of nitrogens with zero attached hydrogens (tertiary/aromatic N) is 1. The average molecular weight is 356 g/mol. The number of hydrogen-bond acceptors (Lipinski definition) is 2. The highest BCUT2D eigenvalue weighted by atomic mass is 35.5. The summed E-state index contributed by atoms with van der Waals surface area (Å²) < 4.78 is 0. The van der Waals surface area contributed by atoms with Gasteiger partial charge in [-0.25, -0.2) is 0 Å². The summed E-state index contributed by atoms with van der Waals surface area (Å²) in [7, 11) is 4.26. The lowest BCUT2D eigenvalue weighted by Crippen LogP contribution is -3.06. The van der Waals surface area contributed by atoms with E-state index in [9.17, 15) is 0 Å². The molecule has 1 heterocycles. The maximum Gasteiger partial charge on any atom is 0.171 e. The Balaban J connectivity index is 2.04. The Morgan fingerprint density at radius 3 is 2.57 bits per heavy atom. The van der Waals surface area contributed by atoms with Crippen molar-refractivity contribution in [3.63, 3.8) is 0 Å². The monoisotopic (exact) mass is 355 g/mol. The molecule has 1 aromatic rings. The molecule has 0 aromatic heterocycles. The second-order valence-electron chi connectivity index (χ2n) is 6.40. The third kappa shape index (κ3) is 6.16. The number of hydrogen-bond donors (Lipinski definition) is 3. The van der Waals surface area contributed by atoms with Crippen molar-refractivity contribution < 1.29 is 4.90 Å². The summed E-state index contributed by atoms with van der Waals surface area (Å²) in [6.07, 6.45) is 5.13. The standard InChI is InChI=1S/C17H27ClN4S/c1-21(2)12-9-19-17(23)20-15-13-14(18)7-8-16(15)22-10-5-3-4-6-11-22/h7-8,13H,3-6,9-12H2,1-2H3,(H2,19,20,23)/p+1. The summed E-state index contributed by atoms with van der Waals surface area (Å²) in [5.74, 6) is 0. The van der Waals surface area contributed by atoms with E-state index in [1.54, 1.807) is 0 Å². The Kier molecular flexibility index (Phi) is 7.40. The van der Waals surface area contributed by atoms with Gasteiger partial charge in [-0.1, -0.05) is 24.4 Å². The van der Waals surface area contributed by atoms with Crippen LogP contribution in [0.2, 0.25) is 5.02 Å². The largest absolute Gasteiger partial charge is 0.370 e. The second kappa shape index (κ2) is 9.30. The molecule has 0 saturated carbocycles. The lowest BCUT2D eigenvalue weighted by molar-refractivity contribution is -0.856. The van der Waals surface area contributed by atoms with E-state index in [1.807, 2.05) is 12.1 Å². The van der Waals surface area contributed by atoms with Gasteiger partial charge in [-0.3, -0.25) is 0 Å². The topological polar surface area (TPSA) is 31.7 Å². The van der Waals surface area contributed by atoms with Gasteiger partial charge in [0.15, 0.2) is 5.11 Å². The van der Waals surface area contributed by atoms with Crippen molar-refractivity contribution in [1.82, 2.24) is 5.32 Å². The number of nitrogens with one attached hydrogen (secondary N) is 3. The molecule has 0 unspecified atom stereocenters. The third-order valence-electron chi connectivity index (χ3n) is 4.06. The van der Waals surface area contributed by atoms with Crippen molar-refractivity contribution >= 4 is 40.3 Å². The van der Waals surface area contributed by atoms with Crippen molar-refractivity contribution in [2.24, 2.45) is 0 Å². The number of likely N-dealkylation sites (N-methyl/N-ethyl adjacent to an activating group) is 1. The van der Waals surface area contributed by atoms with E-state index in [1.165, 1.54) is 36.3 Å². The predicted molar refractivity (Wildman–Crippen MR) is 104 cm³/mol. The van der Waals surface area contributed by atoms with Crippen molar-refractivity contribution in [2.75, 3.05) is 50.5 Å². The normalized spacial score (nSPS) is 15.4. The molecule has 0 bridgehead atoms. The van der Waals surface area contributed by atoms with Gasteiger partial charge in [-0.15, -0.1) is 0 Å². The van der Waals surface area contributed by atoms with E-state index in [4.69, 9.17) is 23.8 Å². The summed E-state index contributed by atoms with van der Waals surface area (Å²) in [6, 6.07) is 6.02. The van der Waals surface area contributed by atoms with Crippen LogP contribution in [0.5, 0.6) is 0 Å². The highest BCUT2D eigenvalue weighted by molar-refractivity contribution is 7.80. The fraction of sp³-hybridized carbons (Fsp3) is 0.588. The van der Waals surface area contributed by atoms with Crippen molar-refractivity contribution in [2.45, 2.75) is 25.7 Å². The molecule has 3 N–H and O–H groups in total. The zero-order chi connectivity index (χ0) is 16.7. The van der Waals surface area contributed by atoms with E-state index >= 15 is 0 Å². The van der Waals surface area contributed by atoms with E-state index in [2.05, 4.69) is 35.7 Å². The molecule has 0 aliphatic carbocycles. The molecule has 1 fully saturated rings. The number of rotatable bonds is 5. The molecule has 0 atom stereocenters. The molecule has 2 rings (SSSR count). The van der Waals surface area contributed by atoms with Gasteiger partial charge in [0, 0.05) is 18.1 Å². The zero-order valence-electron chi connectivity index (χ0n) is 14.1. The first-order chi connectivity index (χ1) is 11.1. The highest BCUT2D eigenvalue weighted by Crippen LogP contribution is 2.30. The average Bonchev–Trinajstić information content (AvgIpc) is 2.76. The van der Waals surface area contributed by atoms with E-state index < -0.39 is 0 Å². The lowest BCUT2D eigenvalue weighted by atomic mass is 10.2. The molecule has 6 heteroatoms. The summed E-state index contributed by atoms with van der Waals surface area (Å²) in [6.45, 7) is 4.07. The van der Waals surface area contributed by atoms with Crippen LogP contribution in [0.15, 0.2) is 18.2 Å². The molecular weight excluding hydrogens is 328 g/mol. The van der Waals surface area contributed by atoms with E-state index in [0.29, 0.717) is 5.11 Å². The van der Waals surface area contributed by atoms with Crippen molar-refractivity contribution in [1.29, 1.82) is 0 Å². The minimum absolute atomic E-state index is 0.657. The smallest absolute Gasteiger partial charge is 0.171 e. The van der Waals surface area contributed by atoms with E-state index in [0.717, 1.165) is 36.9 Å². The number of halogens is 1. The summed E-state index contributed by atoms with van der Waals surface area (Å²) in [5, 5.41) is 7.98. The van der Waals surface area contributed by atoms with Crippen LogP contribution in [0, 0.1) is 0 Å². The van der Waals surface area contributed by atoms with Gasteiger partial charge in [0.25, 0.3) is 0 Å². The minimum Gasteiger partial charge on any atom is -0.370 e. The Labute approximate surface area is 150 Å². The maximum absolute atomic E-state index is 6.19. The molecule has 0 radical (unpaired) electrons. The zero-order valence-corrected chi connectivity index (χ0v) is 15.7. The summed E-state index contributed by atoms with van der Waals surface area (Å²) >= 11 is 11.6. The SMILES string of the molecule is C[NH+](C)CCNC(=S)Nc1cc(Cl)ccc1N1CCCCCC1. The first-order valence-electron chi connectivity index (χ1n) is 8.44. The second-order valence-corrected chi connectivity index (χ2v) is 7.25. The lowest BCUT2D eigenvalue weighted by Gasteiger charge is -2.26. The van der Waals surface area contributed by atoms with Gasteiger partial charge in [0.1, 0.15) is 0 Å². The number of quaternary nitrogens is 1.